The van der Waals surface area contributed by atoms with Crippen LogP contribution < -0.4 is 10.5 Å². The van der Waals surface area contributed by atoms with E-state index in [1.807, 2.05) is 24.3 Å². The third kappa shape index (κ3) is 4.56. The van der Waals surface area contributed by atoms with Gasteiger partial charge in [-0.15, -0.1) is 0 Å². The first kappa shape index (κ1) is 15.5. The second-order valence-corrected chi connectivity index (χ2v) is 11.4. The molecule has 0 radical (unpaired) electrons. The highest BCUT2D eigenvalue weighted by molar-refractivity contribution is 6.88. The SMILES string of the molecule is C[Si](C)(C)c1ccc(CNCc2cccc(C#N)c2)cc1. The molecule has 2 rings (SSSR count). The van der Waals surface area contributed by atoms with Crippen LogP contribution in [0, 0.1) is 11.3 Å². The Hall–Kier alpha value is -1.89. The van der Waals surface area contributed by atoms with Crippen LogP contribution in [0.2, 0.25) is 19.6 Å². The number of rotatable bonds is 5. The van der Waals surface area contributed by atoms with Crippen molar-refractivity contribution >= 4 is 13.3 Å². The van der Waals surface area contributed by atoms with Gasteiger partial charge in [0.15, 0.2) is 0 Å². The lowest BCUT2D eigenvalue weighted by atomic mass is 10.1. The van der Waals surface area contributed by atoms with Gasteiger partial charge in [0.25, 0.3) is 0 Å². The molecule has 21 heavy (non-hydrogen) atoms. The third-order valence-corrected chi connectivity index (χ3v) is 5.60. The lowest BCUT2D eigenvalue weighted by Crippen LogP contribution is -2.37. The third-order valence-electron chi connectivity index (χ3n) is 3.53. The molecule has 3 heteroatoms. The minimum Gasteiger partial charge on any atom is -0.309 e. The van der Waals surface area contributed by atoms with Crippen LogP contribution in [0.4, 0.5) is 0 Å². The van der Waals surface area contributed by atoms with Crippen LogP contribution in [0.1, 0.15) is 16.7 Å². The quantitative estimate of drug-likeness (QED) is 0.858. The van der Waals surface area contributed by atoms with Gasteiger partial charge in [0.1, 0.15) is 0 Å². The Morgan fingerprint density at radius 1 is 0.952 bits per heavy atom. The first-order valence-corrected chi connectivity index (χ1v) is 10.8. The summed E-state index contributed by atoms with van der Waals surface area (Å²) < 4.78 is 0. The van der Waals surface area contributed by atoms with Gasteiger partial charge >= 0.3 is 0 Å². The monoisotopic (exact) mass is 294 g/mol. The molecular formula is C18H22N2Si. The smallest absolute Gasteiger partial charge is 0.0991 e. The van der Waals surface area contributed by atoms with E-state index >= 15 is 0 Å². The van der Waals surface area contributed by atoms with Crippen molar-refractivity contribution in [1.82, 2.24) is 5.32 Å². The average molecular weight is 294 g/mol. The molecule has 0 saturated carbocycles. The largest absolute Gasteiger partial charge is 0.309 e. The number of nitriles is 1. The second-order valence-electron chi connectivity index (χ2n) is 6.36. The summed E-state index contributed by atoms with van der Waals surface area (Å²) in [6.45, 7) is 8.72. The first-order chi connectivity index (χ1) is 9.99. The van der Waals surface area contributed by atoms with E-state index in [4.69, 9.17) is 5.26 Å². The van der Waals surface area contributed by atoms with E-state index in [0.717, 1.165) is 18.7 Å². The van der Waals surface area contributed by atoms with E-state index in [2.05, 4.69) is 55.3 Å². The Kier molecular flexibility index (Phi) is 4.95. The Labute approximate surface area is 128 Å². The first-order valence-electron chi connectivity index (χ1n) is 7.28. The highest BCUT2D eigenvalue weighted by Crippen LogP contribution is 2.06. The molecule has 0 heterocycles. The Balaban J connectivity index is 1.90. The van der Waals surface area contributed by atoms with Gasteiger partial charge in [0.2, 0.25) is 0 Å². The van der Waals surface area contributed by atoms with Gasteiger partial charge in [-0.05, 0) is 23.3 Å². The summed E-state index contributed by atoms with van der Waals surface area (Å²) in [5.41, 5.74) is 3.16. The fraction of sp³-hybridized carbons (Fsp3) is 0.278. The van der Waals surface area contributed by atoms with Crippen molar-refractivity contribution in [2.75, 3.05) is 0 Å². The molecule has 0 aliphatic heterocycles. The van der Waals surface area contributed by atoms with Crippen molar-refractivity contribution in [3.8, 4) is 6.07 Å². The molecule has 0 spiro atoms. The van der Waals surface area contributed by atoms with Gasteiger partial charge in [0, 0.05) is 13.1 Å². The van der Waals surface area contributed by atoms with Crippen molar-refractivity contribution < 1.29 is 0 Å². The maximum absolute atomic E-state index is 8.89. The zero-order valence-electron chi connectivity index (χ0n) is 13.0. The number of benzene rings is 2. The number of nitrogens with zero attached hydrogens (tertiary/aromatic N) is 1. The molecule has 0 saturated heterocycles. The summed E-state index contributed by atoms with van der Waals surface area (Å²) in [6.07, 6.45) is 0. The molecular weight excluding hydrogens is 272 g/mol. The summed E-state index contributed by atoms with van der Waals surface area (Å²) in [7, 11) is -1.20. The highest BCUT2D eigenvalue weighted by Gasteiger charge is 2.15. The molecule has 2 aromatic carbocycles. The standard InChI is InChI=1S/C18H22N2Si/c1-21(2,3)18-9-7-15(8-10-18)13-20-14-17-6-4-5-16(11-17)12-19/h4-11,20H,13-14H2,1-3H3. The minimum atomic E-state index is -1.20. The number of hydrogen-bond donors (Lipinski definition) is 1. The van der Waals surface area contributed by atoms with Gasteiger partial charge in [-0.1, -0.05) is 61.2 Å². The Morgan fingerprint density at radius 3 is 2.24 bits per heavy atom. The molecule has 2 aromatic rings. The number of hydrogen-bond acceptors (Lipinski definition) is 2. The summed E-state index contributed by atoms with van der Waals surface area (Å²) in [4.78, 5) is 0. The predicted octanol–water partition coefficient (Wildman–Crippen LogP) is 3.39. The molecule has 1 N–H and O–H groups in total. The van der Waals surface area contributed by atoms with Gasteiger partial charge in [-0.25, -0.2) is 0 Å². The molecule has 0 amide bonds. The zero-order chi connectivity index (χ0) is 15.3. The summed E-state index contributed by atoms with van der Waals surface area (Å²) in [5.74, 6) is 0. The van der Waals surface area contributed by atoms with Gasteiger partial charge in [0.05, 0.1) is 19.7 Å². The molecule has 0 aromatic heterocycles. The van der Waals surface area contributed by atoms with Gasteiger partial charge < -0.3 is 5.32 Å². The zero-order valence-corrected chi connectivity index (χ0v) is 14.0. The fourth-order valence-corrected chi connectivity index (χ4v) is 3.39. The van der Waals surface area contributed by atoms with Crippen LogP contribution >= 0.6 is 0 Å². The Bertz CT molecular complexity index is 634. The molecule has 108 valence electrons. The average Bonchev–Trinajstić information content (AvgIpc) is 2.47. The summed E-state index contributed by atoms with van der Waals surface area (Å²) >= 11 is 0. The Morgan fingerprint density at radius 2 is 1.62 bits per heavy atom. The van der Waals surface area contributed by atoms with Crippen molar-refractivity contribution in [2.45, 2.75) is 32.7 Å². The van der Waals surface area contributed by atoms with Crippen LogP contribution in [-0.2, 0) is 13.1 Å². The van der Waals surface area contributed by atoms with E-state index in [-0.39, 0.29) is 0 Å². The molecule has 0 unspecified atom stereocenters. The lowest BCUT2D eigenvalue weighted by Gasteiger charge is -2.16. The lowest BCUT2D eigenvalue weighted by molar-refractivity contribution is 0.693. The highest BCUT2D eigenvalue weighted by atomic mass is 28.3. The van der Waals surface area contributed by atoms with E-state index in [0.29, 0.717) is 5.56 Å². The minimum absolute atomic E-state index is 0.716. The number of nitrogens with one attached hydrogen (secondary N) is 1. The van der Waals surface area contributed by atoms with E-state index in [1.54, 1.807) is 0 Å². The van der Waals surface area contributed by atoms with Gasteiger partial charge in [-0.3, -0.25) is 0 Å². The van der Waals surface area contributed by atoms with Crippen molar-refractivity contribution in [3.63, 3.8) is 0 Å². The second kappa shape index (κ2) is 6.71. The maximum Gasteiger partial charge on any atom is 0.0991 e. The van der Waals surface area contributed by atoms with Crippen molar-refractivity contribution in [1.29, 1.82) is 5.26 Å². The fourth-order valence-electron chi connectivity index (χ4n) is 2.22. The molecule has 2 nitrogen and oxygen atoms in total. The van der Waals surface area contributed by atoms with Crippen LogP contribution in [-0.4, -0.2) is 8.07 Å². The van der Waals surface area contributed by atoms with Crippen LogP contribution in [0.3, 0.4) is 0 Å². The van der Waals surface area contributed by atoms with Crippen LogP contribution in [0.5, 0.6) is 0 Å². The van der Waals surface area contributed by atoms with Crippen LogP contribution in [0.25, 0.3) is 0 Å². The predicted molar refractivity (Wildman–Crippen MR) is 91.1 cm³/mol. The normalized spacial score (nSPS) is 11.1. The molecule has 0 fully saturated rings. The topological polar surface area (TPSA) is 35.8 Å². The van der Waals surface area contributed by atoms with Crippen LogP contribution in [0.15, 0.2) is 48.5 Å². The van der Waals surface area contributed by atoms with Crippen molar-refractivity contribution in [2.24, 2.45) is 0 Å². The van der Waals surface area contributed by atoms with Gasteiger partial charge in [-0.2, -0.15) is 5.26 Å². The maximum atomic E-state index is 8.89. The molecule has 0 bridgehead atoms. The summed E-state index contributed by atoms with van der Waals surface area (Å²) in [5, 5.41) is 13.8. The summed E-state index contributed by atoms with van der Waals surface area (Å²) in [6, 6.07) is 18.9. The van der Waals surface area contributed by atoms with E-state index < -0.39 is 8.07 Å². The molecule has 0 aliphatic carbocycles. The van der Waals surface area contributed by atoms with E-state index in [1.165, 1.54) is 10.8 Å². The molecule has 0 aliphatic rings. The molecule has 0 atom stereocenters. The van der Waals surface area contributed by atoms with Crippen molar-refractivity contribution in [3.05, 3.63) is 65.2 Å². The van der Waals surface area contributed by atoms with E-state index in [9.17, 15) is 0 Å².